The van der Waals surface area contributed by atoms with Gasteiger partial charge in [-0.3, -0.25) is 13.9 Å². The minimum Gasteiger partial charge on any atom is -0.384 e. The van der Waals surface area contributed by atoms with E-state index in [1.807, 2.05) is 0 Å². The minimum atomic E-state index is -3.40. The number of benzene rings is 2. The summed E-state index contributed by atoms with van der Waals surface area (Å²) < 4.78 is 47.2. The van der Waals surface area contributed by atoms with Gasteiger partial charge in [-0.2, -0.15) is 0 Å². The summed E-state index contributed by atoms with van der Waals surface area (Å²) in [6, 6.07) is 8.84. The topological polar surface area (TPSA) is 117 Å². The molecule has 0 unspecified atom stereocenters. The first-order chi connectivity index (χ1) is 20.1. The summed E-state index contributed by atoms with van der Waals surface area (Å²) in [6.07, 6.45) is 5.51. The van der Waals surface area contributed by atoms with Gasteiger partial charge in [0.1, 0.15) is 11.9 Å². The number of carbonyl (C=O) groups is 2. The monoisotopic (exact) mass is 598 g/mol. The highest BCUT2D eigenvalue weighted by atomic mass is 32.2. The third kappa shape index (κ3) is 5.60. The Hall–Kier alpha value is -3.18. The summed E-state index contributed by atoms with van der Waals surface area (Å²) >= 11 is 0. The minimum absolute atomic E-state index is 0.0739. The second kappa shape index (κ2) is 11.5. The van der Waals surface area contributed by atoms with E-state index in [4.69, 9.17) is 4.74 Å². The first-order valence-electron chi connectivity index (χ1n) is 15.0. The highest BCUT2D eigenvalue weighted by molar-refractivity contribution is 7.93. The van der Waals surface area contributed by atoms with Crippen molar-refractivity contribution in [3.63, 3.8) is 0 Å². The first-order valence-corrected chi connectivity index (χ1v) is 16.6. The Kier molecular flexibility index (Phi) is 7.91. The van der Waals surface area contributed by atoms with E-state index in [-0.39, 0.29) is 34.4 Å². The van der Waals surface area contributed by atoms with Crippen LogP contribution in [0.2, 0.25) is 0 Å². The Bertz CT molecular complexity index is 1470. The second-order valence-corrected chi connectivity index (χ2v) is 14.4. The van der Waals surface area contributed by atoms with Gasteiger partial charge in [-0.05, 0) is 74.3 Å². The lowest BCUT2D eigenvalue weighted by Gasteiger charge is -2.33. The quantitative estimate of drug-likeness (QED) is 0.454. The van der Waals surface area contributed by atoms with Crippen molar-refractivity contribution in [1.82, 2.24) is 5.32 Å². The second-order valence-electron chi connectivity index (χ2n) is 12.4. The molecule has 226 valence electrons. The van der Waals surface area contributed by atoms with E-state index in [0.717, 1.165) is 38.5 Å². The maximum atomic E-state index is 15.5. The molecule has 3 heterocycles. The fraction of sp³-hybridized carbons (Fsp3) is 0.548. The molecule has 0 aromatic heterocycles. The third-order valence-electron chi connectivity index (χ3n) is 9.55. The standard InChI is InChI=1S/C31H39FN4O5S/c1-20-6-8-21(9-7-20)28(35-29(37)22-4-2-5-24(16-22)36-12-3-15-42(36,39)40)30(38)34-23-17-25(32)27-26(18-23)33-19-31(27)10-13-41-14-11-31/h2,4-5,16-18,20-21,28,33H,3,6-15,19H2,1H3,(H,34,38)(H,35,37)/t20-,21-,28-/m0/s1. The number of rotatable bonds is 6. The van der Waals surface area contributed by atoms with Gasteiger partial charge < -0.3 is 20.7 Å². The smallest absolute Gasteiger partial charge is 0.252 e. The van der Waals surface area contributed by atoms with Gasteiger partial charge in [-0.15, -0.1) is 0 Å². The molecule has 11 heteroatoms. The van der Waals surface area contributed by atoms with Crippen molar-refractivity contribution in [1.29, 1.82) is 0 Å². The molecule has 2 amide bonds. The molecule has 2 aromatic rings. The third-order valence-corrected chi connectivity index (χ3v) is 11.4. The van der Waals surface area contributed by atoms with Crippen LogP contribution in [0.4, 0.5) is 21.5 Å². The van der Waals surface area contributed by atoms with Crippen molar-refractivity contribution < 1.29 is 27.1 Å². The predicted molar refractivity (Wildman–Crippen MR) is 160 cm³/mol. The summed E-state index contributed by atoms with van der Waals surface area (Å²) in [6.45, 7) is 4.39. The maximum Gasteiger partial charge on any atom is 0.252 e. The van der Waals surface area contributed by atoms with E-state index in [0.29, 0.717) is 61.3 Å². The molecule has 9 nitrogen and oxygen atoms in total. The van der Waals surface area contributed by atoms with Crippen LogP contribution < -0.4 is 20.3 Å². The zero-order chi connectivity index (χ0) is 29.5. The Morgan fingerprint density at radius 1 is 1.12 bits per heavy atom. The van der Waals surface area contributed by atoms with Crippen molar-refractivity contribution >= 4 is 38.9 Å². The van der Waals surface area contributed by atoms with Crippen LogP contribution in [0, 0.1) is 17.7 Å². The van der Waals surface area contributed by atoms with E-state index < -0.39 is 22.0 Å². The van der Waals surface area contributed by atoms with Crippen LogP contribution in [0.1, 0.15) is 67.8 Å². The molecule has 42 heavy (non-hydrogen) atoms. The number of halogens is 1. The molecular formula is C31H39FN4O5S. The van der Waals surface area contributed by atoms with Crippen LogP contribution >= 0.6 is 0 Å². The van der Waals surface area contributed by atoms with Gasteiger partial charge in [0.05, 0.1) is 11.4 Å². The number of ether oxygens (including phenoxy) is 1. The van der Waals surface area contributed by atoms with E-state index in [1.54, 1.807) is 30.3 Å². The number of nitrogens with one attached hydrogen (secondary N) is 3. The molecule has 0 bridgehead atoms. The van der Waals surface area contributed by atoms with Gasteiger partial charge in [0.2, 0.25) is 15.9 Å². The SMILES string of the molecule is C[C@H]1CC[C@H]([C@H](NC(=O)c2cccc(N3CCCS3(=O)=O)c2)C(=O)Nc2cc(F)c3c(c2)NCC32CCOCC2)CC1. The molecule has 1 spiro atoms. The zero-order valence-electron chi connectivity index (χ0n) is 24.0. The van der Waals surface area contributed by atoms with Gasteiger partial charge in [0.15, 0.2) is 0 Å². The molecular weight excluding hydrogens is 559 g/mol. The molecule has 2 saturated heterocycles. The first kappa shape index (κ1) is 28.9. The van der Waals surface area contributed by atoms with Crippen molar-refractivity contribution in [2.75, 3.05) is 47.0 Å². The van der Waals surface area contributed by atoms with Crippen molar-refractivity contribution in [3.8, 4) is 0 Å². The molecule has 1 aliphatic carbocycles. The molecule has 4 aliphatic rings. The number of sulfonamides is 1. The zero-order valence-corrected chi connectivity index (χ0v) is 24.8. The average molecular weight is 599 g/mol. The maximum absolute atomic E-state index is 15.5. The molecule has 3 N–H and O–H groups in total. The molecule has 1 saturated carbocycles. The fourth-order valence-corrected chi connectivity index (χ4v) is 8.65. The molecule has 3 aliphatic heterocycles. The molecule has 0 radical (unpaired) electrons. The average Bonchev–Trinajstić information content (AvgIpc) is 3.51. The van der Waals surface area contributed by atoms with Crippen LogP contribution in [0.25, 0.3) is 0 Å². The molecule has 1 atom stereocenters. The number of hydrogen-bond acceptors (Lipinski definition) is 6. The lowest BCUT2D eigenvalue weighted by Crippen LogP contribution is -2.49. The largest absolute Gasteiger partial charge is 0.384 e. The van der Waals surface area contributed by atoms with E-state index in [9.17, 15) is 18.0 Å². The normalized spacial score (nSPS) is 25.0. The van der Waals surface area contributed by atoms with E-state index in [1.165, 1.54) is 10.4 Å². The van der Waals surface area contributed by atoms with Crippen LogP contribution in [0.5, 0.6) is 0 Å². The van der Waals surface area contributed by atoms with Crippen molar-refractivity contribution in [3.05, 3.63) is 53.3 Å². The number of amides is 2. The van der Waals surface area contributed by atoms with E-state index >= 15 is 4.39 Å². The van der Waals surface area contributed by atoms with Crippen molar-refractivity contribution in [2.45, 2.75) is 63.3 Å². The van der Waals surface area contributed by atoms with Crippen LogP contribution in [0.3, 0.4) is 0 Å². The summed E-state index contributed by atoms with van der Waals surface area (Å²) in [4.78, 5) is 27.2. The Morgan fingerprint density at radius 2 is 1.88 bits per heavy atom. The van der Waals surface area contributed by atoms with Crippen molar-refractivity contribution in [2.24, 2.45) is 11.8 Å². The predicted octanol–water partition coefficient (Wildman–Crippen LogP) is 4.40. The highest BCUT2D eigenvalue weighted by Gasteiger charge is 2.43. The number of hydrogen-bond donors (Lipinski definition) is 3. The lowest BCUT2D eigenvalue weighted by molar-refractivity contribution is -0.119. The van der Waals surface area contributed by atoms with Gasteiger partial charge >= 0.3 is 0 Å². The van der Waals surface area contributed by atoms with Gasteiger partial charge in [0, 0.05) is 54.2 Å². The number of fused-ring (bicyclic) bond motifs is 2. The summed E-state index contributed by atoms with van der Waals surface area (Å²) in [5, 5.41) is 9.18. The Balaban J connectivity index is 1.22. The Labute approximate surface area is 246 Å². The highest BCUT2D eigenvalue weighted by Crippen LogP contribution is 2.46. The molecule has 6 rings (SSSR count). The summed E-state index contributed by atoms with van der Waals surface area (Å²) in [7, 11) is -3.40. The van der Waals surface area contributed by atoms with Gasteiger partial charge in [0.25, 0.3) is 5.91 Å². The van der Waals surface area contributed by atoms with E-state index in [2.05, 4.69) is 22.9 Å². The number of carbonyl (C=O) groups excluding carboxylic acids is 2. The fourth-order valence-electron chi connectivity index (χ4n) is 7.09. The van der Waals surface area contributed by atoms with Gasteiger partial charge in [-0.1, -0.05) is 25.8 Å². The van der Waals surface area contributed by atoms with Crippen LogP contribution in [-0.2, 0) is 25.0 Å². The van der Waals surface area contributed by atoms with Crippen LogP contribution in [0.15, 0.2) is 36.4 Å². The summed E-state index contributed by atoms with van der Waals surface area (Å²) in [5.41, 5.74) is 2.13. The summed E-state index contributed by atoms with van der Waals surface area (Å²) in [5.74, 6) is -0.630. The lowest BCUT2D eigenvalue weighted by atomic mass is 9.75. The Morgan fingerprint density at radius 3 is 2.60 bits per heavy atom. The number of nitrogens with zero attached hydrogens (tertiary/aromatic N) is 1. The van der Waals surface area contributed by atoms with Gasteiger partial charge in [-0.25, -0.2) is 12.8 Å². The van der Waals surface area contributed by atoms with Crippen LogP contribution in [-0.4, -0.2) is 58.3 Å². The molecule has 3 fully saturated rings. The molecule has 2 aromatic carbocycles. The number of anilines is 3.